The number of amides is 4. The van der Waals surface area contributed by atoms with Gasteiger partial charge in [0.15, 0.2) is 0 Å². The summed E-state index contributed by atoms with van der Waals surface area (Å²) in [7, 11) is 0. The van der Waals surface area contributed by atoms with Crippen LogP contribution in [0.4, 0.5) is 16.2 Å². The number of ether oxygens (including phenoxy) is 1. The van der Waals surface area contributed by atoms with Crippen LogP contribution in [0, 0.1) is 6.92 Å². The number of anilines is 2. The number of nitrogens with zero attached hydrogens (tertiary/aromatic N) is 2. The summed E-state index contributed by atoms with van der Waals surface area (Å²) in [4.78, 5) is 45.0. The minimum absolute atomic E-state index is 0.0860. The van der Waals surface area contributed by atoms with Crippen LogP contribution in [0.15, 0.2) is 137 Å². The van der Waals surface area contributed by atoms with E-state index in [4.69, 9.17) is 4.74 Å². The molecule has 0 aliphatic carbocycles. The number of nitrogens with one attached hydrogen (secondary N) is 1. The van der Waals surface area contributed by atoms with E-state index in [-0.39, 0.29) is 17.4 Å². The van der Waals surface area contributed by atoms with Gasteiger partial charge in [0, 0.05) is 36.2 Å². The molecular formula is C47H38BrN3O4. The van der Waals surface area contributed by atoms with Gasteiger partial charge < -0.3 is 9.64 Å². The number of carbonyl (C=O) groups excluding carboxylic acids is 3. The first-order valence-corrected chi connectivity index (χ1v) is 19.5. The topological polar surface area (TPSA) is 79.0 Å². The van der Waals surface area contributed by atoms with Gasteiger partial charge in [0.2, 0.25) is 0 Å². The van der Waals surface area contributed by atoms with Gasteiger partial charge in [-0.3, -0.25) is 14.9 Å². The van der Waals surface area contributed by atoms with Gasteiger partial charge >= 0.3 is 6.03 Å². The van der Waals surface area contributed by atoms with Crippen molar-refractivity contribution in [3.05, 3.63) is 176 Å². The molecule has 2 atom stereocenters. The van der Waals surface area contributed by atoms with E-state index in [1.165, 1.54) is 22.9 Å². The maximum absolute atomic E-state index is 14.4. The van der Waals surface area contributed by atoms with Crippen LogP contribution in [-0.2, 0) is 16.2 Å². The monoisotopic (exact) mass is 787 g/mol. The Labute approximate surface area is 328 Å². The minimum atomic E-state index is -0.760. The maximum Gasteiger partial charge on any atom is 0.335 e. The third-order valence-corrected chi connectivity index (χ3v) is 11.9. The van der Waals surface area contributed by atoms with E-state index in [2.05, 4.69) is 106 Å². The Hall–Kier alpha value is -5.99. The molecule has 55 heavy (non-hydrogen) atoms. The molecule has 0 unspecified atom stereocenters. The summed E-state index contributed by atoms with van der Waals surface area (Å²) in [6.45, 7) is 4.30. The molecule has 9 rings (SSSR count). The minimum Gasteiger partial charge on any atom is -0.488 e. The third kappa shape index (κ3) is 6.40. The Morgan fingerprint density at radius 3 is 2.05 bits per heavy atom. The summed E-state index contributed by atoms with van der Waals surface area (Å²) in [5.74, 6) is -0.599. The van der Waals surface area contributed by atoms with Crippen LogP contribution in [0.2, 0.25) is 0 Å². The normalized spacial score (nSPS) is 18.7. The molecule has 0 radical (unpaired) electrons. The smallest absolute Gasteiger partial charge is 0.335 e. The average molecular weight is 789 g/mol. The molecule has 0 aromatic heterocycles. The van der Waals surface area contributed by atoms with Crippen molar-refractivity contribution in [3.63, 3.8) is 0 Å². The van der Waals surface area contributed by atoms with Gasteiger partial charge in [0.25, 0.3) is 11.8 Å². The molecule has 6 aromatic carbocycles. The number of imide groups is 2. The highest BCUT2D eigenvalue weighted by molar-refractivity contribution is 9.10. The van der Waals surface area contributed by atoms with Gasteiger partial charge in [-0.05, 0) is 110 Å². The Kier molecular flexibility index (Phi) is 9.06. The van der Waals surface area contributed by atoms with E-state index >= 15 is 0 Å². The van der Waals surface area contributed by atoms with Crippen LogP contribution in [0.1, 0.15) is 63.6 Å². The summed E-state index contributed by atoms with van der Waals surface area (Å²) in [5, 5.41) is 4.75. The lowest BCUT2D eigenvalue weighted by molar-refractivity contribution is -0.122. The zero-order valence-electron chi connectivity index (χ0n) is 30.3. The maximum atomic E-state index is 14.4. The first-order chi connectivity index (χ1) is 26.8. The van der Waals surface area contributed by atoms with Crippen LogP contribution in [0.3, 0.4) is 0 Å². The zero-order valence-corrected chi connectivity index (χ0v) is 31.9. The number of rotatable bonds is 7. The number of halogens is 1. The van der Waals surface area contributed by atoms with Gasteiger partial charge in [0.05, 0.1) is 10.2 Å². The predicted octanol–water partition coefficient (Wildman–Crippen LogP) is 10.0. The molecule has 4 amide bonds. The molecule has 1 fully saturated rings. The molecule has 8 heteroatoms. The number of hydrogen-bond donors (Lipinski definition) is 1. The Bertz CT molecular complexity index is 2460. The highest BCUT2D eigenvalue weighted by atomic mass is 79.9. The molecule has 3 aliphatic heterocycles. The van der Waals surface area contributed by atoms with Crippen LogP contribution >= 0.6 is 15.9 Å². The number of carbonyl (C=O) groups is 3. The first kappa shape index (κ1) is 34.8. The van der Waals surface area contributed by atoms with Gasteiger partial charge in [-0.1, -0.05) is 103 Å². The largest absolute Gasteiger partial charge is 0.488 e. The van der Waals surface area contributed by atoms with Crippen molar-refractivity contribution in [2.75, 3.05) is 22.9 Å². The van der Waals surface area contributed by atoms with Crippen molar-refractivity contribution in [3.8, 4) is 5.75 Å². The lowest BCUT2D eigenvalue weighted by Crippen LogP contribution is -2.54. The molecule has 3 aliphatic rings. The highest BCUT2D eigenvalue weighted by Crippen LogP contribution is 2.50. The van der Waals surface area contributed by atoms with Crippen LogP contribution in [0.5, 0.6) is 5.75 Å². The van der Waals surface area contributed by atoms with Crippen molar-refractivity contribution in [2.24, 2.45) is 0 Å². The summed E-state index contributed by atoms with van der Waals surface area (Å²) in [6.07, 6.45) is 3.36. The predicted molar refractivity (Wildman–Crippen MR) is 221 cm³/mol. The standard InChI is InChI=1S/C47H38BrN3O4/c1-29-16-18-33-14-8-9-15-35(33)41(29)28-55-43-19-17-30(25-42(43)48)24-40-45(52)49-47(54)51(46(40)53)34-26-38-36(31-10-4-2-5-11-31)20-22-50-23-21-37(39(27-34)44(38)50)32-12-6-3-7-13-32/h2-19,24-27,36-37H,20-23,28H2,1H3,(H,49,52,54)/b40-24+/t36-,37-/m1/s1. The quantitative estimate of drug-likeness (QED) is 0.129. The van der Waals surface area contributed by atoms with E-state index < -0.39 is 17.8 Å². The summed E-state index contributed by atoms with van der Waals surface area (Å²) < 4.78 is 6.95. The number of urea groups is 1. The number of aryl methyl sites for hydroxylation is 1. The average Bonchev–Trinajstić information content (AvgIpc) is 3.20. The van der Waals surface area contributed by atoms with Gasteiger partial charge in [0.1, 0.15) is 17.9 Å². The molecule has 1 N–H and O–H groups in total. The lowest BCUT2D eigenvalue weighted by atomic mass is 9.76. The van der Waals surface area contributed by atoms with Gasteiger partial charge in [-0.25, -0.2) is 9.69 Å². The third-order valence-electron chi connectivity index (χ3n) is 11.3. The number of fused-ring (bicyclic) bond motifs is 1. The van der Waals surface area contributed by atoms with Crippen LogP contribution < -0.4 is 19.9 Å². The van der Waals surface area contributed by atoms with Crippen molar-refractivity contribution in [2.45, 2.75) is 38.2 Å². The summed E-state index contributed by atoms with van der Waals surface area (Å²) in [6, 6.07) is 41.9. The fraction of sp³-hybridized carbons (Fsp3) is 0.170. The first-order valence-electron chi connectivity index (χ1n) is 18.7. The SMILES string of the molecule is Cc1ccc2ccccc2c1COc1ccc(/C=C2\C(=O)NC(=O)N(c3cc4c5c(c3)[C@@H](c3ccccc3)CCN5CC[C@@H]4c3ccccc3)C2=O)cc1Br. The molecule has 0 bridgehead atoms. The molecular weight excluding hydrogens is 750 g/mol. The molecule has 272 valence electrons. The second-order valence-corrected chi connectivity index (χ2v) is 15.3. The van der Waals surface area contributed by atoms with E-state index in [1.54, 1.807) is 6.07 Å². The highest BCUT2D eigenvalue weighted by Gasteiger charge is 2.40. The van der Waals surface area contributed by atoms with Crippen LogP contribution in [0.25, 0.3) is 16.8 Å². The Balaban J connectivity index is 1.06. The van der Waals surface area contributed by atoms with Crippen LogP contribution in [-0.4, -0.2) is 30.9 Å². The van der Waals surface area contributed by atoms with Crippen molar-refractivity contribution < 1.29 is 19.1 Å². The van der Waals surface area contributed by atoms with E-state index in [1.807, 2.05) is 48.5 Å². The molecule has 1 saturated heterocycles. The fourth-order valence-corrected chi connectivity index (χ4v) is 9.05. The molecule has 6 aromatic rings. The molecule has 3 heterocycles. The Morgan fingerprint density at radius 2 is 1.40 bits per heavy atom. The second kappa shape index (κ2) is 14.3. The lowest BCUT2D eigenvalue weighted by Gasteiger charge is -2.44. The number of barbiturate groups is 1. The zero-order chi connectivity index (χ0) is 37.6. The second-order valence-electron chi connectivity index (χ2n) is 14.5. The fourth-order valence-electron chi connectivity index (χ4n) is 8.54. The summed E-state index contributed by atoms with van der Waals surface area (Å²) >= 11 is 3.64. The molecule has 0 spiro atoms. The number of benzene rings is 6. The molecule has 0 saturated carbocycles. The molecule has 7 nitrogen and oxygen atoms in total. The van der Waals surface area contributed by atoms with E-state index in [0.29, 0.717) is 28.1 Å². The number of hydrogen-bond acceptors (Lipinski definition) is 5. The van der Waals surface area contributed by atoms with Crippen molar-refractivity contribution in [1.82, 2.24) is 5.32 Å². The van der Waals surface area contributed by atoms with E-state index in [0.717, 1.165) is 63.9 Å². The van der Waals surface area contributed by atoms with Gasteiger partial charge in [-0.2, -0.15) is 0 Å². The van der Waals surface area contributed by atoms with E-state index in [9.17, 15) is 14.4 Å². The summed E-state index contributed by atoms with van der Waals surface area (Å²) in [5.41, 5.74) is 8.94. The van der Waals surface area contributed by atoms with Gasteiger partial charge in [-0.15, -0.1) is 0 Å². The van der Waals surface area contributed by atoms with Crippen molar-refractivity contribution >= 4 is 62.0 Å². The van der Waals surface area contributed by atoms with Crippen molar-refractivity contribution in [1.29, 1.82) is 0 Å². The Morgan fingerprint density at radius 1 is 0.764 bits per heavy atom.